The van der Waals surface area contributed by atoms with Crippen LogP contribution in [0.15, 0.2) is 24.3 Å². The SMILES string of the molecule is CCOC(=O)C1(Cc2ccccc2C(F)(F)F)CCN(CCC(C)O)CC1. The fourth-order valence-electron chi connectivity index (χ4n) is 3.63. The van der Waals surface area contributed by atoms with Crippen LogP contribution < -0.4 is 0 Å². The number of piperidine rings is 1. The molecular formula is C20H28F3NO3. The molecule has 1 atom stereocenters. The molecule has 1 aliphatic rings. The standard InChI is InChI=1S/C20H28F3NO3/c1-3-27-18(26)19(9-12-24(13-10-19)11-8-15(2)25)14-16-6-4-5-7-17(16)20(21,22)23/h4-7,15,25H,3,8-14H2,1-2H3. The molecule has 27 heavy (non-hydrogen) atoms. The fourth-order valence-corrected chi connectivity index (χ4v) is 3.63. The number of alkyl halides is 3. The molecule has 2 rings (SSSR count). The highest BCUT2D eigenvalue weighted by Crippen LogP contribution is 2.40. The first-order valence-corrected chi connectivity index (χ1v) is 9.41. The minimum atomic E-state index is -4.45. The van der Waals surface area contributed by atoms with E-state index in [2.05, 4.69) is 4.90 Å². The second-order valence-electron chi connectivity index (χ2n) is 7.31. The van der Waals surface area contributed by atoms with Gasteiger partial charge in [0.15, 0.2) is 0 Å². The number of benzene rings is 1. The molecule has 1 aliphatic heterocycles. The summed E-state index contributed by atoms with van der Waals surface area (Å²) >= 11 is 0. The van der Waals surface area contributed by atoms with E-state index in [1.54, 1.807) is 19.9 Å². The topological polar surface area (TPSA) is 49.8 Å². The van der Waals surface area contributed by atoms with Crippen LogP contribution in [0.3, 0.4) is 0 Å². The summed E-state index contributed by atoms with van der Waals surface area (Å²) in [7, 11) is 0. The van der Waals surface area contributed by atoms with Gasteiger partial charge in [0.1, 0.15) is 0 Å². The Bertz CT molecular complexity index is 623. The maximum atomic E-state index is 13.4. The number of likely N-dealkylation sites (tertiary alicyclic amines) is 1. The third-order valence-electron chi connectivity index (χ3n) is 5.24. The molecule has 0 spiro atoms. The molecule has 1 heterocycles. The summed E-state index contributed by atoms with van der Waals surface area (Å²) in [5.74, 6) is -0.419. The van der Waals surface area contributed by atoms with Crippen LogP contribution in [-0.4, -0.2) is 48.3 Å². The lowest BCUT2D eigenvalue weighted by Crippen LogP contribution is -2.47. The summed E-state index contributed by atoms with van der Waals surface area (Å²) in [6, 6.07) is 5.44. The number of esters is 1. The molecule has 0 aromatic heterocycles. The summed E-state index contributed by atoms with van der Waals surface area (Å²) in [6.07, 6.45) is -3.32. The van der Waals surface area contributed by atoms with Crippen molar-refractivity contribution in [1.82, 2.24) is 4.90 Å². The first-order chi connectivity index (χ1) is 12.7. The molecule has 1 aromatic carbocycles. The number of ether oxygens (including phenoxy) is 1. The lowest BCUT2D eigenvalue weighted by atomic mass is 9.73. The van der Waals surface area contributed by atoms with E-state index in [1.165, 1.54) is 12.1 Å². The van der Waals surface area contributed by atoms with E-state index in [4.69, 9.17) is 4.74 Å². The van der Waals surface area contributed by atoms with Gasteiger partial charge in [0.2, 0.25) is 0 Å². The minimum Gasteiger partial charge on any atom is -0.466 e. The van der Waals surface area contributed by atoms with Gasteiger partial charge in [-0.05, 0) is 64.3 Å². The fraction of sp³-hybridized carbons (Fsp3) is 0.650. The Kier molecular flexibility index (Phi) is 7.28. The van der Waals surface area contributed by atoms with Gasteiger partial charge in [0.25, 0.3) is 0 Å². The Hall–Kier alpha value is -1.60. The van der Waals surface area contributed by atoms with Crippen LogP contribution >= 0.6 is 0 Å². The number of rotatable bonds is 7. The predicted molar refractivity (Wildman–Crippen MR) is 96.2 cm³/mol. The van der Waals surface area contributed by atoms with E-state index in [9.17, 15) is 23.1 Å². The van der Waals surface area contributed by atoms with Gasteiger partial charge in [0, 0.05) is 6.54 Å². The van der Waals surface area contributed by atoms with Gasteiger partial charge >= 0.3 is 12.1 Å². The van der Waals surface area contributed by atoms with Gasteiger partial charge < -0.3 is 14.7 Å². The number of aliphatic hydroxyl groups excluding tert-OH is 1. The smallest absolute Gasteiger partial charge is 0.416 e. The maximum Gasteiger partial charge on any atom is 0.416 e. The van der Waals surface area contributed by atoms with Crippen LogP contribution in [-0.2, 0) is 22.1 Å². The molecule has 1 saturated heterocycles. The van der Waals surface area contributed by atoms with Gasteiger partial charge in [-0.1, -0.05) is 18.2 Å². The molecule has 1 N–H and O–H groups in total. The Morgan fingerprint density at radius 1 is 1.30 bits per heavy atom. The van der Waals surface area contributed by atoms with Crippen LogP contribution in [0.1, 0.15) is 44.2 Å². The third-order valence-corrected chi connectivity index (χ3v) is 5.24. The Morgan fingerprint density at radius 2 is 1.93 bits per heavy atom. The van der Waals surface area contributed by atoms with Crippen molar-refractivity contribution in [3.05, 3.63) is 35.4 Å². The van der Waals surface area contributed by atoms with Crippen molar-refractivity contribution in [2.45, 2.75) is 51.8 Å². The molecule has 0 amide bonds. The van der Waals surface area contributed by atoms with E-state index in [0.717, 1.165) is 6.07 Å². The molecule has 0 aliphatic carbocycles. The Labute approximate surface area is 158 Å². The summed E-state index contributed by atoms with van der Waals surface area (Å²) in [5.41, 5.74) is -1.50. The average molecular weight is 387 g/mol. The Morgan fingerprint density at radius 3 is 2.48 bits per heavy atom. The molecule has 1 unspecified atom stereocenters. The molecule has 0 bridgehead atoms. The number of nitrogens with zero attached hydrogens (tertiary/aromatic N) is 1. The molecule has 1 fully saturated rings. The number of aliphatic hydroxyl groups is 1. The van der Waals surface area contributed by atoms with Crippen molar-refractivity contribution in [1.29, 1.82) is 0 Å². The summed E-state index contributed by atoms with van der Waals surface area (Å²) < 4.78 is 45.3. The minimum absolute atomic E-state index is 0.0196. The average Bonchev–Trinajstić information content (AvgIpc) is 2.61. The summed E-state index contributed by atoms with van der Waals surface area (Å²) in [6.45, 7) is 5.52. The van der Waals surface area contributed by atoms with E-state index >= 15 is 0 Å². The third kappa shape index (κ3) is 5.69. The zero-order valence-electron chi connectivity index (χ0n) is 15.9. The first kappa shape index (κ1) is 21.7. The zero-order chi connectivity index (χ0) is 20.1. The van der Waals surface area contributed by atoms with Crippen LogP contribution in [0.5, 0.6) is 0 Å². The molecule has 1 aromatic rings. The highest BCUT2D eigenvalue weighted by molar-refractivity contribution is 5.77. The largest absolute Gasteiger partial charge is 0.466 e. The van der Waals surface area contributed by atoms with E-state index in [0.29, 0.717) is 38.9 Å². The number of hydrogen-bond donors (Lipinski definition) is 1. The number of carbonyl (C=O) groups excluding carboxylic acids is 1. The second kappa shape index (κ2) is 9.06. The van der Waals surface area contributed by atoms with Crippen LogP contribution in [0, 0.1) is 5.41 Å². The van der Waals surface area contributed by atoms with Gasteiger partial charge in [0.05, 0.1) is 23.7 Å². The molecule has 4 nitrogen and oxygen atoms in total. The lowest BCUT2D eigenvalue weighted by molar-refractivity contribution is -0.159. The molecule has 0 saturated carbocycles. The lowest BCUT2D eigenvalue weighted by Gasteiger charge is -2.40. The molecule has 152 valence electrons. The van der Waals surface area contributed by atoms with E-state index < -0.39 is 29.2 Å². The van der Waals surface area contributed by atoms with Crippen molar-refractivity contribution in [3.8, 4) is 0 Å². The number of halogens is 3. The number of carbonyl (C=O) groups is 1. The van der Waals surface area contributed by atoms with Gasteiger partial charge in [-0.2, -0.15) is 13.2 Å². The molecule has 0 radical (unpaired) electrons. The highest BCUT2D eigenvalue weighted by Gasteiger charge is 2.44. The van der Waals surface area contributed by atoms with Gasteiger partial charge in [-0.3, -0.25) is 4.79 Å². The highest BCUT2D eigenvalue weighted by atomic mass is 19.4. The van der Waals surface area contributed by atoms with Crippen molar-refractivity contribution in [3.63, 3.8) is 0 Å². The molecular weight excluding hydrogens is 359 g/mol. The van der Waals surface area contributed by atoms with Gasteiger partial charge in [-0.15, -0.1) is 0 Å². The van der Waals surface area contributed by atoms with Gasteiger partial charge in [-0.25, -0.2) is 0 Å². The predicted octanol–water partition coefficient (Wildman–Crippen LogP) is 3.66. The summed E-state index contributed by atoms with van der Waals surface area (Å²) in [5, 5.41) is 9.44. The molecule has 7 heteroatoms. The monoisotopic (exact) mass is 387 g/mol. The van der Waals surface area contributed by atoms with E-state index in [1.807, 2.05) is 0 Å². The van der Waals surface area contributed by atoms with Crippen molar-refractivity contribution in [2.24, 2.45) is 5.41 Å². The van der Waals surface area contributed by atoms with Crippen LogP contribution in [0.25, 0.3) is 0 Å². The maximum absolute atomic E-state index is 13.4. The van der Waals surface area contributed by atoms with E-state index in [-0.39, 0.29) is 18.6 Å². The number of hydrogen-bond acceptors (Lipinski definition) is 4. The summed E-state index contributed by atoms with van der Waals surface area (Å²) in [4.78, 5) is 14.8. The van der Waals surface area contributed by atoms with Crippen molar-refractivity contribution >= 4 is 5.97 Å². The second-order valence-corrected chi connectivity index (χ2v) is 7.31. The van der Waals surface area contributed by atoms with Crippen LogP contribution in [0.2, 0.25) is 0 Å². The Balaban J connectivity index is 2.21. The zero-order valence-corrected chi connectivity index (χ0v) is 15.9. The van der Waals surface area contributed by atoms with Crippen LogP contribution in [0.4, 0.5) is 13.2 Å². The first-order valence-electron chi connectivity index (χ1n) is 9.41. The van der Waals surface area contributed by atoms with Crippen molar-refractivity contribution < 1.29 is 27.8 Å². The normalized spacial score (nSPS) is 18.9. The quantitative estimate of drug-likeness (QED) is 0.726. The van der Waals surface area contributed by atoms with Crippen molar-refractivity contribution in [2.75, 3.05) is 26.2 Å².